The Hall–Kier alpha value is -2.73. The van der Waals surface area contributed by atoms with Gasteiger partial charge in [0.15, 0.2) is 0 Å². The highest BCUT2D eigenvalue weighted by atomic mass is 35.5. The zero-order valence-electron chi connectivity index (χ0n) is 20.1. The number of benzene rings is 2. The van der Waals surface area contributed by atoms with Crippen LogP contribution in [-0.2, 0) is 11.3 Å². The number of nitrogens with one attached hydrogen (secondary N) is 1. The number of carbonyl (C=O) groups is 2. The number of hydrogen-bond donors (Lipinski definition) is 1. The first-order valence-corrected chi connectivity index (χ1v) is 12.4. The van der Waals surface area contributed by atoms with Gasteiger partial charge in [-0.3, -0.25) is 4.79 Å². The van der Waals surface area contributed by atoms with Crippen molar-refractivity contribution in [1.29, 1.82) is 0 Å². The Labute approximate surface area is 207 Å². The molecule has 1 N–H and O–H groups in total. The normalized spacial score (nSPS) is 17.2. The SMILES string of the molecule is CN(C)C(=O)c1ccc(NCCC2CC3(CCN(C(=O)OCc4ccccc4)CC3)C2)cc1Cl. The molecule has 0 atom stereocenters. The van der Waals surface area contributed by atoms with Crippen LogP contribution in [0.15, 0.2) is 48.5 Å². The molecule has 0 radical (unpaired) electrons. The first-order chi connectivity index (χ1) is 16.3. The van der Waals surface area contributed by atoms with Gasteiger partial charge in [0, 0.05) is 39.4 Å². The van der Waals surface area contributed by atoms with E-state index in [1.807, 2.05) is 47.4 Å². The van der Waals surface area contributed by atoms with E-state index in [0.29, 0.717) is 28.5 Å². The third-order valence-corrected chi connectivity index (χ3v) is 7.53. The molecular formula is C27H34ClN3O3. The molecule has 0 unspecified atom stereocenters. The maximum Gasteiger partial charge on any atom is 0.410 e. The number of ether oxygens (including phenoxy) is 1. The monoisotopic (exact) mass is 483 g/mol. The zero-order chi connectivity index (χ0) is 24.1. The second-order valence-electron chi connectivity index (χ2n) is 9.91. The average molecular weight is 484 g/mol. The molecule has 2 fully saturated rings. The number of likely N-dealkylation sites (tertiary alicyclic amines) is 1. The molecule has 182 valence electrons. The van der Waals surface area contributed by atoms with Crippen molar-refractivity contribution in [1.82, 2.24) is 9.80 Å². The maximum absolute atomic E-state index is 12.4. The Bertz CT molecular complexity index is 995. The lowest BCUT2D eigenvalue weighted by molar-refractivity contribution is -0.0155. The summed E-state index contributed by atoms with van der Waals surface area (Å²) < 4.78 is 5.49. The summed E-state index contributed by atoms with van der Waals surface area (Å²) >= 11 is 6.31. The number of halogens is 1. The number of nitrogens with zero attached hydrogens (tertiary/aromatic N) is 2. The molecule has 2 aromatic rings. The summed E-state index contributed by atoms with van der Waals surface area (Å²) in [7, 11) is 3.44. The van der Waals surface area contributed by atoms with E-state index in [1.54, 1.807) is 20.2 Å². The minimum absolute atomic E-state index is 0.0909. The van der Waals surface area contributed by atoms with Crippen molar-refractivity contribution in [2.45, 2.75) is 38.7 Å². The Morgan fingerprint density at radius 1 is 1.12 bits per heavy atom. The van der Waals surface area contributed by atoms with Crippen LogP contribution in [0.4, 0.5) is 10.5 Å². The van der Waals surface area contributed by atoms with Gasteiger partial charge in [0.1, 0.15) is 6.61 Å². The van der Waals surface area contributed by atoms with Gasteiger partial charge in [-0.2, -0.15) is 0 Å². The Morgan fingerprint density at radius 3 is 2.47 bits per heavy atom. The first-order valence-electron chi connectivity index (χ1n) is 12.1. The van der Waals surface area contributed by atoms with Crippen LogP contribution >= 0.6 is 11.6 Å². The van der Waals surface area contributed by atoms with Crippen molar-refractivity contribution in [3.8, 4) is 0 Å². The van der Waals surface area contributed by atoms with Crippen LogP contribution in [0.5, 0.6) is 0 Å². The molecule has 1 spiro atoms. The molecule has 1 aliphatic heterocycles. The molecule has 1 aliphatic carbocycles. The van der Waals surface area contributed by atoms with Crippen molar-refractivity contribution in [3.63, 3.8) is 0 Å². The molecule has 6 nitrogen and oxygen atoms in total. The third-order valence-electron chi connectivity index (χ3n) is 7.22. The lowest BCUT2D eigenvalue weighted by Crippen LogP contribution is -2.49. The highest BCUT2D eigenvalue weighted by Gasteiger charge is 2.46. The molecule has 1 saturated carbocycles. The van der Waals surface area contributed by atoms with Crippen molar-refractivity contribution < 1.29 is 14.3 Å². The van der Waals surface area contributed by atoms with Gasteiger partial charge in [-0.15, -0.1) is 0 Å². The number of anilines is 1. The van der Waals surface area contributed by atoms with Crippen molar-refractivity contribution in [2.24, 2.45) is 11.3 Å². The highest BCUT2D eigenvalue weighted by Crippen LogP contribution is 2.53. The molecule has 2 amide bonds. The molecule has 34 heavy (non-hydrogen) atoms. The summed E-state index contributed by atoms with van der Waals surface area (Å²) in [6.45, 7) is 2.79. The number of rotatable bonds is 7. The van der Waals surface area contributed by atoms with Crippen molar-refractivity contribution in [2.75, 3.05) is 39.0 Å². The highest BCUT2D eigenvalue weighted by molar-refractivity contribution is 6.34. The number of hydrogen-bond acceptors (Lipinski definition) is 4. The number of carbonyl (C=O) groups excluding carboxylic acids is 2. The van der Waals surface area contributed by atoms with Crippen LogP contribution in [0.3, 0.4) is 0 Å². The van der Waals surface area contributed by atoms with E-state index < -0.39 is 0 Å². The van der Waals surface area contributed by atoms with Crippen LogP contribution in [0.2, 0.25) is 5.02 Å². The van der Waals surface area contributed by atoms with Crippen molar-refractivity contribution >= 4 is 29.3 Å². The molecule has 2 aliphatic rings. The quantitative estimate of drug-likeness (QED) is 0.551. The summed E-state index contributed by atoms with van der Waals surface area (Å²) in [6.07, 6.45) is 5.51. The van der Waals surface area contributed by atoms with Crippen LogP contribution in [0.1, 0.15) is 48.0 Å². The average Bonchev–Trinajstić information content (AvgIpc) is 2.82. The number of piperidine rings is 1. The molecule has 2 aromatic carbocycles. The zero-order valence-corrected chi connectivity index (χ0v) is 20.8. The van der Waals surface area contributed by atoms with E-state index in [4.69, 9.17) is 16.3 Å². The summed E-state index contributed by atoms with van der Waals surface area (Å²) in [6, 6.07) is 15.3. The lowest BCUT2D eigenvalue weighted by atomic mass is 9.57. The maximum atomic E-state index is 12.4. The van der Waals surface area contributed by atoms with Crippen LogP contribution in [0.25, 0.3) is 0 Å². The standard InChI is InChI=1S/C27H34ClN3O3/c1-30(2)25(32)23-9-8-22(16-24(23)28)29-13-10-21-17-27(18-21)11-14-31(15-12-27)26(33)34-19-20-6-4-3-5-7-20/h3-9,16,21,29H,10-15,17-19H2,1-2H3. The fourth-order valence-electron chi connectivity index (χ4n) is 5.21. The molecule has 7 heteroatoms. The van der Waals surface area contributed by atoms with E-state index in [-0.39, 0.29) is 12.0 Å². The minimum atomic E-state index is -0.198. The topological polar surface area (TPSA) is 61.9 Å². The predicted molar refractivity (Wildman–Crippen MR) is 135 cm³/mol. The van der Waals surface area contributed by atoms with Gasteiger partial charge in [-0.05, 0) is 67.2 Å². The summed E-state index contributed by atoms with van der Waals surface area (Å²) in [5, 5.41) is 3.91. The smallest absolute Gasteiger partial charge is 0.410 e. The third kappa shape index (κ3) is 5.84. The largest absolute Gasteiger partial charge is 0.445 e. The van der Waals surface area contributed by atoms with E-state index >= 15 is 0 Å². The number of amides is 2. The predicted octanol–water partition coefficient (Wildman–Crippen LogP) is 5.67. The summed E-state index contributed by atoms with van der Waals surface area (Å²) in [5.41, 5.74) is 2.88. The Morgan fingerprint density at radius 2 is 1.82 bits per heavy atom. The second kappa shape index (κ2) is 10.7. The van der Waals surface area contributed by atoms with Gasteiger partial charge < -0.3 is 19.9 Å². The fraction of sp³-hybridized carbons (Fsp3) is 0.481. The fourth-order valence-corrected chi connectivity index (χ4v) is 5.47. The van der Waals surface area contributed by atoms with Crippen LogP contribution in [-0.4, -0.2) is 55.5 Å². The van der Waals surface area contributed by atoms with Gasteiger partial charge in [-0.1, -0.05) is 41.9 Å². The first kappa shape index (κ1) is 24.4. The molecular weight excluding hydrogens is 450 g/mol. The van der Waals surface area contributed by atoms with Gasteiger partial charge in [0.2, 0.25) is 0 Å². The second-order valence-corrected chi connectivity index (χ2v) is 10.3. The lowest BCUT2D eigenvalue weighted by Gasteiger charge is -2.52. The van der Waals surface area contributed by atoms with Crippen LogP contribution in [0, 0.1) is 11.3 Å². The molecule has 1 saturated heterocycles. The van der Waals surface area contributed by atoms with Crippen LogP contribution < -0.4 is 5.32 Å². The Kier molecular flexibility index (Phi) is 7.67. The van der Waals surface area contributed by atoms with E-state index in [9.17, 15) is 9.59 Å². The summed E-state index contributed by atoms with van der Waals surface area (Å²) in [4.78, 5) is 27.9. The molecule has 4 rings (SSSR count). The van der Waals surface area contributed by atoms with E-state index in [1.165, 1.54) is 17.7 Å². The summed E-state index contributed by atoms with van der Waals surface area (Å²) in [5.74, 6) is 0.626. The van der Waals surface area contributed by atoms with Gasteiger partial charge in [0.25, 0.3) is 5.91 Å². The van der Waals surface area contributed by atoms with Gasteiger partial charge in [0.05, 0.1) is 10.6 Å². The molecule has 0 aromatic heterocycles. The van der Waals surface area contributed by atoms with Gasteiger partial charge >= 0.3 is 6.09 Å². The van der Waals surface area contributed by atoms with E-state index in [0.717, 1.165) is 50.1 Å². The van der Waals surface area contributed by atoms with Crippen molar-refractivity contribution in [3.05, 3.63) is 64.7 Å². The molecule has 0 bridgehead atoms. The molecule has 1 heterocycles. The van der Waals surface area contributed by atoms with E-state index in [2.05, 4.69) is 5.32 Å². The van der Waals surface area contributed by atoms with Gasteiger partial charge in [-0.25, -0.2) is 4.79 Å². The minimum Gasteiger partial charge on any atom is -0.445 e. The Balaban J connectivity index is 1.14.